The molecule has 0 radical (unpaired) electrons. The summed E-state index contributed by atoms with van der Waals surface area (Å²) >= 11 is 3.55. The van der Waals surface area contributed by atoms with Crippen molar-refractivity contribution in [1.29, 1.82) is 0 Å². The third kappa shape index (κ3) is 3.25. The van der Waals surface area contributed by atoms with Crippen molar-refractivity contribution in [3.63, 3.8) is 0 Å². The minimum atomic E-state index is 0.386. The second-order valence-electron chi connectivity index (χ2n) is 6.09. The molecule has 0 fully saturated rings. The van der Waals surface area contributed by atoms with Crippen LogP contribution in [0.5, 0.6) is 11.5 Å². The van der Waals surface area contributed by atoms with Gasteiger partial charge in [-0.3, -0.25) is 0 Å². The molecule has 2 aromatic carbocycles. The third-order valence-corrected chi connectivity index (χ3v) is 5.08. The van der Waals surface area contributed by atoms with E-state index in [0.29, 0.717) is 16.9 Å². The number of benzene rings is 2. The minimum absolute atomic E-state index is 0.386. The number of halogens is 1. The molecule has 2 aromatic heterocycles. The zero-order valence-corrected chi connectivity index (χ0v) is 16.9. The van der Waals surface area contributed by atoms with Crippen LogP contribution in [0.25, 0.3) is 33.4 Å². The molecule has 0 saturated heterocycles. The molecule has 0 spiro atoms. The molecule has 0 bridgehead atoms. The molecule has 0 amide bonds. The van der Waals surface area contributed by atoms with Crippen molar-refractivity contribution in [2.45, 2.75) is 0 Å². The Bertz CT molecular complexity index is 1180. The highest BCUT2D eigenvalue weighted by atomic mass is 79.9. The van der Waals surface area contributed by atoms with Gasteiger partial charge in [-0.05, 0) is 57.4 Å². The fourth-order valence-corrected chi connectivity index (χ4v) is 3.62. The molecule has 4 aromatic rings. The maximum Gasteiger partial charge on any atom is 0.165 e. The van der Waals surface area contributed by atoms with E-state index in [-0.39, 0.29) is 0 Å². The number of nitrogens with zero attached hydrogens (tertiary/aromatic N) is 3. The van der Waals surface area contributed by atoms with Crippen LogP contribution in [0.15, 0.2) is 59.3 Å². The lowest BCUT2D eigenvalue weighted by Crippen LogP contribution is -1.99. The van der Waals surface area contributed by atoms with Crippen LogP contribution in [0.4, 0.5) is 5.82 Å². The molecule has 0 aliphatic heterocycles. The van der Waals surface area contributed by atoms with Gasteiger partial charge in [0.2, 0.25) is 0 Å². The van der Waals surface area contributed by atoms with Crippen molar-refractivity contribution in [3.05, 3.63) is 59.3 Å². The van der Waals surface area contributed by atoms with E-state index in [1.54, 1.807) is 14.2 Å². The molecule has 28 heavy (non-hydrogen) atoms. The number of nitrogens with two attached hydrogens (primary N) is 1. The van der Waals surface area contributed by atoms with Gasteiger partial charge in [0.15, 0.2) is 5.65 Å². The quantitative estimate of drug-likeness (QED) is 0.498. The van der Waals surface area contributed by atoms with E-state index < -0.39 is 0 Å². The number of aromatic nitrogens is 3. The Kier molecular flexibility index (Phi) is 4.83. The van der Waals surface area contributed by atoms with Gasteiger partial charge in [0.1, 0.15) is 23.6 Å². The van der Waals surface area contributed by atoms with E-state index in [1.807, 2.05) is 48.5 Å². The van der Waals surface area contributed by atoms with E-state index >= 15 is 0 Å². The summed E-state index contributed by atoms with van der Waals surface area (Å²) in [6.45, 7) is 0. The maximum atomic E-state index is 6.18. The second-order valence-corrected chi connectivity index (χ2v) is 6.95. The van der Waals surface area contributed by atoms with Crippen LogP contribution < -0.4 is 15.2 Å². The molecule has 0 saturated carbocycles. The van der Waals surface area contributed by atoms with Gasteiger partial charge in [-0.15, -0.1) is 0 Å². The Morgan fingerprint density at radius 2 is 1.79 bits per heavy atom. The van der Waals surface area contributed by atoms with Crippen LogP contribution in [0.1, 0.15) is 0 Å². The normalized spacial score (nSPS) is 10.8. The first-order chi connectivity index (χ1) is 13.6. The number of rotatable bonds is 4. The molecule has 140 valence electrons. The number of pyridine rings is 1. The fourth-order valence-electron chi connectivity index (χ4n) is 3.08. The molecule has 2 heterocycles. The Labute approximate surface area is 170 Å². The zero-order chi connectivity index (χ0) is 19.7. The summed E-state index contributed by atoms with van der Waals surface area (Å²) in [6, 6.07) is 15.6. The molecule has 7 heteroatoms. The molecular formula is C21H17BrN4O2. The van der Waals surface area contributed by atoms with E-state index in [4.69, 9.17) is 20.2 Å². The van der Waals surface area contributed by atoms with Crippen molar-refractivity contribution in [1.82, 2.24) is 15.0 Å². The minimum Gasteiger partial charge on any atom is -0.497 e. The van der Waals surface area contributed by atoms with Crippen LogP contribution in [0, 0.1) is 0 Å². The fraction of sp³-hybridized carbons (Fsp3) is 0.0952. The van der Waals surface area contributed by atoms with Gasteiger partial charge in [0.25, 0.3) is 0 Å². The first kappa shape index (κ1) is 18.2. The summed E-state index contributed by atoms with van der Waals surface area (Å²) in [4.78, 5) is 13.2. The predicted octanol–water partition coefficient (Wildman–Crippen LogP) is 4.72. The van der Waals surface area contributed by atoms with Gasteiger partial charge in [-0.1, -0.05) is 18.2 Å². The number of ether oxygens (including phenoxy) is 2. The molecule has 2 N–H and O–H groups in total. The van der Waals surface area contributed by atoms with Gasteiger partial charge in [-0.2, -0.15) is 0 Å². The summed E-state index contributed by atoms with van der Waals surface area (Å²) in [5, 5.41) is 0.714. The lowest BCUT2D eigenvalue weighted by atomic mass is 9.99. The van der Waals surface area contributed by atoms with Crippen molar-refractivity contribution in [3.8, 4) is 33.9 Å². The van der Waals surface area contributed by atoms with Gasteiger partial charge < -0.3 is 15.2 Å². The standard InChI is InChI=1S/C21H17BrN4O2/c1-27-14-5-3-4-13(8-14)17-10-15(12-6-7-18(28-2)16(22)9-12)19-20(23)24-11-25-21(19)26-17/h3-11H,1-2H3,(H2,23,24,25,26). The van der Waals surface area contributed by atoms with Gasteiger partial charge in [0, 0.05) is 5.56 Å². The van der Waals surface area contributed by atoms with Crippen LogP contribution >= 0.6 is 15.9 Å². The SMILES string of the molecule is COc1cccc(-c2cc(-c3ccc(OC)c(Br)c3)c3c(N)ncnc3n2)c1. The van der Waals surface area contributed by atoms with Crippen LogP contribution in [0.3, 0.4) is 0 Å². The second kappa shape index (κ2) is 7.44. The Hall–Kier alpha value is -3.19. The average molecular weight is 437 g/mol. The molecular weight excluding hydrogens is 420 g/mol. The van der Waals surface area contributed by atoms with Gasteiger partial charge >= 0.3 is 0 Å². The lowest BCUT2D eigenvalue weighted by Gasteiger charge is -2.13. The number of anilines is 1. The van der Waals surface area contributed by atoms with Crippen molar-refractivity contribution < 1.29 is 9.47 Å². The number of fused-ring (bicyclic) bond motifs is 1. The molecule has 0 atom stereocenters. The number of hydrogen-bond acceptors (Lipinski definition) is 6. The van der Waals surface area contributed by atoms with Crippen molar-refractivity contribution in [2.24, 2.45) is 0 Å². The Morgan fingerprint density at radius 1 is 0.929 bits per heavy atom. The van der Waals surface area contributed by atoms with Crippen LogP contribution in [-0.4, -0.2) is 29.2 Å². The van der Waals surface area contributed by atoms with Gasteiger partial charge in [-0.25, -0.2) is 15.0 Å². The maximum absolute atomic E-state index is 6.18. The topological polar surface area (TPSA) is 83.2 Å². The van der Waals surface area contributed by atoms with Crippen molar-refractivity contribution >= 4 is 32.8 Å². The third-order valence-electron chi connectivity index (χ3n) is 4.46. The molecule has 0 unspecified atom stereocenters. The molecule has 0 aliphatic carbocycles. The summed E-state index contributed by atoms with van der Waals surface area (Å²) in [6.07, 6.45) is 1.42. The Morgan fingerprint density at radius 3 is 2.54 bits per heavy atom. The van der Waals surface area contributed by atoms with E-state index in [2.05, 4.69) is 25.9 Å². The van der Waals surface area contributed by atoms with Gasteiger partial charge in [0.05, 0.1) is 29.8 Å². The monoisotopic (exact) mass is 436 g/mol. The molecule has 6 nitrogen and oxygen atoms in total. The summed E-state index contributed by atoms with van der Waals surface area (Å²) in [5.41, 5.74) is 10.2. The summed E-state index contributed by atoms with van der Waals surface area (Å²) in [5.74, 6) is 1.89. The smallest absolute Gasteiger partial charge is 0.165 e. The highest BCUT2D eigenvalue weighted by Gasteiger charge is 2.15. The number of nitrogen functional groups attached to an aromatic ring is 1. The number of hydrogen-bond donors (Lipinski definition) is 1. The zero-order valence-electron chi connectivity index (χ0n) is 15.3. The largest absolute Gasteiger partial charge is 0.497 e. The predicted molar refractivity (Wildman–Crippen MR) is 113 cm³/mol. The highest BCUT2D eigenvalue weighted by molar-refractivity contribution is 9.10. The number of methoxy groups -OCH3 is 2. The van der Waals surface area contributed by atoms with Crippen LogP contribution in [-0.2, 0) is 0 Å². The summed E-state index contributed by atoms with van der Waals surface area (Å²) in [7, 11) is 3.27. The van der Waals surface area contributed by atoms with Crippen LogP contribution in [0.2, 0.25) is 0 Å². The first-order valence-electron chi connectivity index (χ1n) is 8.50. The first-order valence-corrected chi connectivity index (χ1v) is 9.29. The molecule has 4 rings (SSSR count). The summed E-state index contributed by atoms with van der Waals surface area (Å²) < 4.78 is 11.5. The highest BCUT2D eigenvalue weighted by Crippen LogP contribution is 2.37. The van der Waals surface area contributed by atoms with E-state index in [1.165, 1.54) is 6.33 Å². The average Bonchev–Trinajstić information content (AvgIpc) is 2.73. The van der Waals surface area contributed by atoms with Crippen molar-refractivity contribution in [2.75, 3.05) is 20.0 Å². The Balaban J connectivity index is 1.99. The van der Waals surface area contributed by atoms with E-state index in [0.717, 1.165) is 38.4 Å². The van der Waals surface area contributed by atoms with E-state index in [9.17, 15) is 0 Å². The molecule has 0 aliphatic rings. The lowest BCUT2D eigenvalue weighted by molar-refractivity contribution is 0.412.